The first-order chi connectivity index (χ1) is 21.0. The van der Waals surface area contributed by atoms with Gasteiger partial charge in [-0.25, -0.2) is 4.79 Å². The Morgan fingerprint density at radius 2 is 1.82 bits per heavy atom. The minimum Gasteiger partial charge on any atom is -0.490 e. The third kappa shape index (κ3) is 10.5. The van der Waals surface area contributed by atoms with E-state index in [-0.39, 0.29) is 61.6 Å². The molecule has 4 atom stereocenters. The predicted octanol–water partition coefficient (Wildman–Crippen LogP) is 4.71. The maximum Gasteiger partial charge on any atom is 0.317 e. The third-order valence-corrected chi connectivity index (χ3v) is 7.76. The van der Waals surface area contributed by atoms with Crippen LogP contribution in [0.1, 0.15) is 69.8 Å². The zero-order valence-corrected chi connectivity index (χ0v) is 27.0. The van der Waals surface area contributed by atoms with Crippen LogP contribution in [0.3, 0.4) is 0 Å². The van der Waals surface area contributed by atoms with Crippen molar-refractivity contribution in [1.29, 1.82) is 0 Å². The van der Waals surface area contributed by atoms with Crippen LogP contribution in [0.2, 0.25) is 0 Å². The summed E-state index contributed by atoms with van der Waals surface area (Å²) in [6.07, 6.45) is 2.17. The highest BCUT2D eigenvalue weighted by Gasteiger charge is 2.31. The van der Waals surface area contributed by atoms with Crippen molar-refractivity contribution >= 4 is 23.5 Å². The number of ether oxygens (including phenoxy) is 2. The van der Waals surface area contributed by atoms with Crippen molar-refractivity contribution in [3.05, 3.63) is 59.7 Å². The molecule has 2 aromatic carbocycles. The van der Waals surface area contributed by atoms with E-state index in [1.165, 1.54) is 0 Å². The molecule has 4 amide bonds. The number of nitrogens with zero attached hydrogens (tertiary/aromatic N) is 2. The molecule has 10 heteroatoms. The number of carbonyl (C=O) groups excluding carboxylic acids is 3. The first-order valence-corrected chi connectivity index (χ1v) is 15.7. The van der Waals surface area contributed by atoms with Crippen molar-refractivity contribution in [2.45, 2.75) is 84.6 Å². The number of amides is 4. The molecule has 10 nitrogen and oxygen atoms in total. The lowest BCUT2D eigenvalue weighted by atomic mass is 10.0. The molecular weight excluding hydrogens is 560 g/mol. The van der Waals surface area contributed by atoms with Crippen molar-refractivity contribution in [2.24, 2.45) is 5.92 Å². The first kappa shape index (κ1) is 34.9. The maximum absolute atomic E-state index is 14.3. The SMILES string of the molecule is CC(C)NC(=O)N(C)C[C@H]1OCCCC[C@H](C)Oc2ccc(NC(=O)Cc3ccccc3)cc2C(=O)N([C@@H](C)CO)C[C@H]1C. The fraction of sp³-hybridized carbons (Fsp3) is 0.559. The van der Waals surface area contributed by atoms with Crippen LogP contribution in [0.25, 0.3) is 0 Å². The van der Waals surface area contributed by atoms with Crippen molar-refractivity contribution in [3.63, 3.8) is 0 Å². The predicted molar refractivity (Wildman–Crippen MR) is 172 cm³/mol. The van der Waals surface area contributed by atoms with Crippen LogP contribution in [-0.2, 0) is 16.0 Å². The van der Waals surface area contributed by atoms with Gasteiger partial charge in [-0.1, -0.05) is 37.3 Å². The van der Waals surface area contributed by atoms with Gasteiger partial charge in [-0.15, -0.1) is 0 Å². The minimum atomic E-state index is -0.498. The lowest BCUT2D eigenvalue weighted by Crippen LogP contribution is -2.49. The molecule has 0 saturated heterocycles. The minimum absolute atomic E-state index is 0.00286. The van der Waals surface area contributed by atoms with Gasteiger partial charge in [0.15, 0.2) is 0 Å². The average molecular weight is 611 g/mol. The second-order valence-corrected chi connectivity index (χ2v) is 12.2. The standard InChI is InChI=1S/C34H50N4O6/c1-23(2)35-34(42)37(6)21-31-24(3)20-38(25(4)22-39)33(41)29-19-28(36-32(40)18-27-13-8-7-9-14-27)15-16-30(29)44-26(5)12-10-11-17-43-31/h7-9,13-16,19,23-26,31,39H,10-12,17-18,20-22H2,1-6H3,(H,35,42)(H,36,40)/t24-,25+,26+,31-/m1/s1. The van der Waals surface area contributed by atoms with E-state index in [9.17, 15) is 19.5 Å². The lowest BCUT2D eigenvalue weighted by molar-refractivity contribution is -0.115. The van der Waals surface area contributed by atoms with E-state index in [1.807, 2.05) is 58.0 Å². The Morgan fingerprint density at radius 1 is 1.09 bits per heavy atom. The normalized spacial score (nSPS) is 20.6. The van der Waals surface area contributed by atoms with Crippen LogP contribution in [0.5, 0.6) is 5.75 Å². The Labute approximate surface area is 262 Å². The highest BCUT2D eigenvalue weighted by atomic mass is 16.5. The number of hydrogen-bond donors (Lipinski definition) is 3. The Morgan fingerprint density at radius 3 is 2.50 bits per heavy atom. The van der Waals surface area contributed by atoms with Gasteiger partial charge >= 0.3 is 6.03 Å². The van der Waals surface area contributed by atoms with Gasteiger partial charge in [0.05, 0.1) is 36.8 Å². The van der Waals surface area contributed by atoms with Crippen LogP contribution in [0, 0.1) is 5.92 Å². The third-order valence-electron chi connectivity index (χ3n) is 7.76. The second-order valence-electron chi connectivity index (χ2n) is 12.2. The Bertz CT molecular complexity index is 1220. The topological polar surface area (TPSA) is 120 Å². The smallest absolute Gasteiger partial charge is 0.317 e. The maximum atomic E-state index is 14.3. The summed E-state index contributed by atoms with van der Waals surface area (Å²) in [7, 11) is 1.74. The van der Waals surface area contributed by atoms with Crippen molar-refractivity contribution in [2.75, 3.05) is 38.7 Å². The highest BCUT2D eigenvalue weighted by molar-refractivity contribution is 6.00. The molecule has 3 N–H and O–H groups in total. The summed E-state index contributed by atoms with van der Waals surface area (Å²) in [5.41, 5.74) is 1.68. The Hall–Kier alpha value is -3.63. The van der Waals surface area contributed by atoms with Crippen molar-refractivity contribution in [3.8, 4) is 5.75 Å². The number of fused-ring (bicyclic) bond motifs is 1. The van der Waals surface area contributed by atoms with Gasteiger partial charge < -0.3 is 35.0 Å². The highest BCUT2D eigenvalue weighted by Crippen LogP contribution is 2.28. The molecule has 1 aliphatic rings. The van der Waals surface area contributed by atoms with E-state index in [4.69, 9.17) is 9.47 Å². The molecular formula is C34H50N4O6. The van der Waals surface area contributed by atoms with Crippen molar-refractivity contribution < 1.29 is 29.0 Å². The van der Waals surface area contributed by atoms with Gasteiger partial charge in [0.25, 0.3) is 5.91 Å². The number of benzene rings is 2. The number of urea groups is 1. The average Bonchev–Trinajstić information content (AvgIpc) is 2.98. The molecule has 0 aliphatic carbocycles. The van der Waals surface area contributed by atoms with E-state index < -0.39 is 6.04 Å². The molecule has 0 saturated carbocycles. The van der Waals surface area contributed by atoms with Gasteiger partial charge in [0, 0.05) is 44.4 Å². The number of likely N-dealkylation sites (N-methyl/N-ethyl adjacent to an activating group) is 1. The number of rotatable bonds is 8. The quantitative estimate of drug-likeness (QED) is 0.398. The summed E-state index contributed by atoms with van der Waals surface area (Å²) >= 11 is 0. The molecule has 1 aliphatic heterocycles. The monoisotopic (exact) mass is 610 g/mol. The van der Waals surface area contributed by atoms with Gasteiger partial charge in [-0.05, 0) is 70.7 Å². The fourth-order valence-electron chi connectivity index (χ4n) is 5.16. The van der Waals surface area contributed by atoms with E-state index in [0.717, 1.165) is 24.8 Å². The molecule has 0 spiro atoms. The Kier molecular flexibility index (Phi) is 13.5. The molecule has 242 valence electrons. The summed E-state index contributed by atoms with van der Waals surface area (Å²) in [6, 6.07) is 13.9. The zero-order chi connectivity index (χ0) is 32.2. The summed E-state index contributed by atoms with van der Waals surface area (Å²) in [5, 5.41) is 16.0. The van der Waals surface area contributed by atoms with Crippen LogP contribution < -0.4 is 15.4 Å². The molecule has 0 aromatic heterocycles. The van der Waals surface area contributed by atoms with E-state index in [2.05, 4.69) is 10.6 Å². The number of nitrogens with one attached hydrogen (secondary N) is 2. The second kappa shape index (κ2) is 17.0. The summed E-state index contributed by atoms with van der Waals surface area (Å²) < 4.78 is 12.6. The van der Waals surface area contributed by atoms with Crippen LogP contribution >= 0.6 is 0 Å². The largest absolute Gasteiger partial charge is 0.490 e. The molecule has 0 bridgehead atoms. The number of hydrogen-bond acceptors (Lipinski definition) is 6. The number of anilines is 1. The number of aliphatic hydroxyl groups is 1. The van der Waals surface area contributed by atoms with E-state index in [1.54, 1.807) is 42.0 Å². The number of aliphatic hydroxyl groups excluding tert-OH is 1. The molecule has 0 radical (unpaired) electrons. The van der Waals surface area contributed by atoms with E-state index >= 15 is 0 Å². The zero-order valence-electron chi connectivity index (χ0n) is 27.0. The van der Waals surface area contributed by atoms with Gasteiger partial charge in [0.1, 0.15) is 5.75 Å². The van der Waals surface area contributed by atoms with Gasteiger partial charge in [-0.2, -0.15) is 0 Å². The molecule has 44 heavy (non-hydrogen) atoms. The van der Waals surface area contributed by atoms with Crippen LogP contribution in [-0.4, -0.2) is 90.4 Å². The Balaban J connectivity index is 1.91. The molecule has 3 rings (SSSR count). The van der Waals surface area contributed by atoms with Gasteiger partial charge in [0.2, 0.25) is 5.91 Å². The molecule has 1 heterocycles. The van der Waals surface area contributed by atoms with Crippen LogP contribution in [0.15, 0.2) is 48.5 Å². The van der Waals surface area contributed by atoms with Crippen LogP contribution in [0.4, 0.5) is 10.5 Å². The van der Waals surface area contributed by atoms with Gasteiger partial charge in [-0.3, -0.25) is 9.59 Å². The summed E-state index contributed by atoms with van der Waals surface area (Å²) in [5.74, 6) is -0.247. The lowest BCUT2D eigenvalue weighted by Gasteiger charge is -2.36. The molecule has 0 unspecified atom stereocenters. The fourth-order valence-corrected chi connectivity index (χ4v) is 5.16. The first-order valence-electron chi connectivity index (χ1n) is 15.7. The summed E-state index contributed by atoms with van der Waals surface area (Å²) in [4.78, 5) is 43.0. The molecule has 0 fully saturated rings. The van der Waals surface area contributed by atoms with Crippen molar-refractivity contribution in [1.82, 2.24) is 15.1 Å². The molecule has 2 aromatic rings. The number of carbonyl (C=O) groups is 3. The summed E-state index contributed by atoms with van der Waals surface area (Å²) in [6.45, 7) is 10.5. The van der Waals surface area contributed by atoms with E-state index in [0.29, 0.717) is 30.2 Å².